The zero-order valence-electron chi connectivity index (χ0n) is 12.1. The summed E-state index contributed by atoms with van der Waals surface area (Å²) in [6.07, 6.45) is 0. The first-order chi connectivity index (χ1) is 11.2. The van der Waals surface area contributed by atoms with Crippen molar-refractivity contribution in [3.8, 4) is 22.9 Å². The van der Waals surface area contributed by atoms with Crippen molar-refractivity contribution in [2.45, 2.75) is 6.61 Å². The van der Waals surface area contributed by atoms with E-state index in [-0.39, 0.29) is 0 Å². The van der Waals surface area contributed by atoms with E-state index in [1.807, 2.05) is 36.4 Å². The number of ether oxygens (including phenoxy) is 2. The molecular weight excluding hydrogens is 431 g/mol. The Balaban J connectivity index is 1.87. The van der Waals surface area contributed by atoms with E-state index < -0.39 is 0 Å². The molecule has 6 nitrogen and oxygen atoms in total. The lowest BCUT2D eigenvalue weighted by Gasteiger charge is -2.14. The number of methoxy groups -OCH3 is 1. The zero-order valence-corrected chi connectivity index (χ0v) is 15.0. The van der Waals surface area contributed by atoms with Crippen LogP contribution in [0.5, 0.6) is 11.5 Å². The Morgan fingerprint density at radius 3 is 2.83 bits per heavy atom. The molecule has 0 aliphatic rings. The maximum atomic E-state index is 5.99. The normalized spacial score (nSPS) is 10.6. The van der Waals surface area contributed by atoms with Crippen molar-refractivity contribution >= 4 is 34.2 Å². The van der Waals surface area contributed by atoms with Crippen LogP contribution in [-0.4, -0.2) is 27.7 Å². The van der Waals surface area contributed by atoms with Gasteiger partial charge in [-0.05, 0) is 57.6 Å². The van der Waals surface area contributed by atoms with Gasteiger partial charge in [-0.15, -0.1) is 10.2 Å². The van der Waals surface area contributed by atoms with Crippen molar-refractivity contribution in [1.29, 1.82) is 0 Å². The fourth-order valence-electron chi connectivity index (χ4n) is 2.06. The molecule has 0 amide bonds. The highest BCUT2D eigenvalue weighted by atomic mass is 127. The summed E-state index contributed by atoms with van der Waals surface area (Å²) in [5, 5.41) is 14.6. The Hall–Kier alpha value is -1.87. The molecule has 1 N–H and O–H groups in total. The van der Waals surface area contributed by atoms with Gasteiger partial charge in [-0.1, -0.05) is 23.7 Å². The van der Waals surface area contributed by atoms with Gasteiger partial charge < -0.3 is 9.47 Å². The average molecular weight is 443 g/mol. The van der Waals surface area contributed by atoms with E-state index in [1.165, 1.54) is 0 Å². The maximum Gasteiger partial charge on any atom is 0.204 e. The number of hydrogen-bond acceptors (Lipinski definition) is 5. The third-order valence-corrected chi connectivity index (χ3v) is 4.14. The minimum atomic E-state index is 0.397. The number of benzene rings is 2. The molecule has 3 rings (SSSR count). The van der Waals surface area contributed by atoms with E-state index in [9.17, 15) is 0 Å². The lowest BCUT2D eigenvalue weighted by Crippen LogP contribution is -2.00. The summed E-state index contributed by atoms with van der Waals surface area (Å²) in [6.45, 7) is 0.397. The molecule has 2 aromatic carbocycles. The van der Waals surface area contributed by atoms with Crippen LogP contribution in [0, 0.1) is 3.57 Å². The van der Waals surface area contributed by atoms with Gasteiger partial charge >= 0.3 is 0 Å². The molecule has 23 heavy (non-hydrogen) atoms. The van der Waals surface area contributed by atoms with Gasteiger partial charge in [-0.2, -0.15) is 5.21 Å². The lowest BCUT2D eigenvalue weighted by atomic mass is 10.2. The fourth-order valence-corrected chi connectivity index (χ4v) is 3.03. The molecule has 0 bridgehead atoms. The molecule has 0 atom stereocenters. The molecule has 0 unspecified atom stereocenters. The van der Waals surface area contributed by atoms with Gasteiger partial charge in [0.25, 0.3) is 0 Å². The number of tetrazole rings is 1. The minimum absolute atomic E-state index is 0.397. The van der Waals surface area contributed by atoms with Gasteiger partial charge in [-0.25, -0.2) is 0 Å². The van der Waals surface area contributed by atoms with Gasteiger partial charge in [0, 0.05) is 10.6 Å². The summed E-state index contributed by atoms with van der Waals surface area (Å²) < 4.78 is 12.2. The summed E-state index contributed by atoms with van der Waals surface area (Å²) in [6, 6.07) is 11.3. The molecule has 0 saturated heterocycles. The number of hydrogen-bond donors (Lipinski definition) is 1. The monoisotopic (exact) mass is 442 g/mol. The zero-order chi connectivity index (χ0) is 16.2. The average Bonchev–Trinajstić information content (AvgIpc) is 3.07. The SMILES string of the molecule is COc1cc(-c2nn[nH]n2)cc(I)c1OCc1cccc(Cl)c1. The van der Waals surface area contributed by atoms with Gasteiger partial charge in [0.15, 0.2) is 11.5 Å². The predicted octanol–water partition coefficient (Wildman–Crippen LogP) is 3.71. The molecule has 0 saturated carbocycles. The van der Waals surface area contributed by atoms with Crippen LogP contribution in [0.1, 0.15) is 5.56 Å². The molecule has 0 aliphatic carbocycles. The predicted molar refractivity (Wildman–Crippen MR) is 94.7 cm³/mol. The van der Waals surface area contributed by atoms with E-state index in [4.69, 9.17) is 21.1 Å². The molecule has 1 aromatic heterocycles. The molecule has 1 heterocycles. The van der Waals surface area contributed by atoms with Crippen LogP contribution in [0.2, 0.25) is 5.02 Å². The molecule has 0 spiro atoms. The van der Waals surface area contributed by atoms with Gasteiger partial charge in [0.1, 0.15) is 6.61 Å². The molecule has 0 fully saturated rings. The largest absolute Gasteiger partial charge is 0.493 e. The maximum absolute atomic E-state index is 5.99. The Bertz CT molecular complexity index is 811. The number of rotatable bonds is 5. The minimum Gasteiger partial charge on any atom is -0.493 e. The fraction of sp³-hybridized carbons (Fsp3) is 0.133. The van der Waals surface area contributed by atoms with E-state index in [2.05, 4.69) is 43.2 Å². The molecule has 8 heteroatoms. The molecule has 3 aromatic rings. The Morgan fingerprint density at radius 1 is 1.26 bits per heavy atom. The van der Waals surface area contributed by atoms with Crippen molar-refractivity contribution in [2.24, 2.45) is 0 Å². The number of H-pyrrole nitrogens is 1. The highest BCUT2D eigenvalue weighted by Crippen LogP contribution is 2.36. The first-order valence-corrected chi connectivity index (χ1v) is 8.11. The second kappa shape index (κ2) is 7.14. The summed E-state index contributed by atoms with van der Waals surface area (Å²) in [5.41, 5.74) is 1.78. The van der Waals surface area contributed by atoms with Crippen LogP contribution in [-0.2, 0) is 6.61 Å². The van der Waals surface area contributed by atoms with Crippen molar-refractivity contribution in [1.82, 2.24) is 20.6 Å². The summed E-state index contributed by atoms with van der Waals surface area (Å²) >= 11 is 8.18. The van der Waals surface area contributed by atoms with E-state index in [0.717, 1.165) is 14.7 Å². The Kier molecular flexibility index (Phi) is 4.97. The van der Waals surface area contributed by atoms with Crippen molar-refractivity contribution in [2.75, 3.05) is 7.11 Å². The molecule has 0 radical (unpaired) electrons. The number of halogens is 2. The standard InChI is InChI=1S/C15H12ClIN4O2/c1-22-13-7-10(15-18-20-21-19-15)6-12(17)14(13)23-8-9-3-2-4-11(16)5-9/h2-7H,8H2,1H3,(H,18,19,20,21). The van der Waals surface area contributed by atoms with Crippen LogP contribution in [0.3, 0.4) is 0 Å². The quantitative estimate of drug-likeness (QED) is 0.610. The third kappa shape index (κ3) is 3.73. The smallest absolute Gasteiger partial charge is 0.204 e. The number of nitrogens with one attached hydrogen (secondary N) is 1. The molecule has 0 aliphatic heterocycles. The van der Waals surface area contributed by atoms with Crippen LogP contribution in [0.15, 0.2) is 36.4 Å². The van der Waals surface area contributed by atoms with Crippen molar-refractivity contribution in [3.63, 3.8) is 0 Å². The van der Waals surface area contributed by atoms with Gasteiger partial charge in [-0.3, -0.25) is 0 Å². The Morgan fingerprint density at radius 2 is 2.13 bits per heavy atom. The summed E-state index contributed by atoms with van der Waals surface area (Å²) in [4.78, 5) is 0. The first kappa shape index (κ1) is 16.0. The number of nitrogens with zero attached hydrogens (tertiary/aromatic N) is 3. The lowest BCUT2D eigenvalue weighted by molar-refractivity contribution is 0.282. The topological polar surface area (TPSA) is 72.9 Å². The molecular formula is C15H12ClIN4O2. The van der Waals surface area contributed by atoms with Gasteiger partial charge in [0.2, 0.25) is 5.82 Å². The van der Waals surface area contributed by atoms with Crippen molar-refractivity contribution < 1.29 is 9.47 Å². The second-order valence-electron chi connectivity index (χ2n) is 4.64. The highest BCUT2D eigenvalue weighted by molar-refractivity contribution is 14.1. The first-order valence-electron chi connectivity index (χ1n) is 6.66. The second-order valence-corrected chi connectivity index (χ2v) is 6.24. The van der Waals surface area contributed by atoms with E-state index >= 15 is 0 Å². The Labute approximate surface area is 151 Å². The molecule has 118 valence electrons. The van der Waals surface area contributed by atoms with E-state index in [0.29, 0.717) is 29.0 Å². The van der Waals surface area contributed by atoms with Gasteiger partial charge in [0.05, 0.1) is 10.7 Å². The summed E-state index contributed by atoms with van der Waals surface area (Å²) in [7, 11) is 1.59. The van der Waals surface area contributed by atoms with Crippen LogP contribution in [0.25, 0.3) is 11.4 Å². The summed E-state index contributed by atoms with van der Waals surface area (Å²) in [5.74, 6) is 1.78. The van der Waals surface area contributed by atoms with Crippen LogP contribution in [0.4, 0.5) is 0 Å². The van der Waals surface area contributed by atoms with E-state index in [1.54, 1.807) is 7.11 Å². The third-order valence-electron chi connectivity index (χ3n) is 3.11. The number of aromatic amines is 1. The van der Waals surface area contributed by atoms with Crippen LogP contribution < -0.4 is 9.47 Å². The van der Waals surface area contributed by atoms with Crippen molar-refractivity contribution in [3.05, 3.63) is 50.6 Å². The van der Waals surface area contributed by atoms with Crippen LogP contribution >= 0.6 is 34.2 Å². The highest BCUT2D eigenvalue weighted by Gasteiger charge is 2.15. The number of aromatic nitrogens is 4.